The van der Waals surface area contributed by atoms with Gasteiger partial charge in [0.1, 0.15) is 10.7 Å². The van der Waals surface area contributed by atoms with Crippen LogP contribution >= 0.6 is 22.9 Å². The average molecular weight is 471 g/mol. The number of amides is 1. The van der Waals surface area contributed by atoms with E-state index in [1.807, 2.05) is 23.6 Å². The molecule has 1 aromatic carbocycles. The standard InChI is InChI=1S/C24H27ClN4O2S/c1-15-20-23(27-19-8-4-2-7-13-29(19)24(20)31)32-21(15)22(30)26-17-14-16(25)9-10-18(17)28-11-5-3-6-12-28/h9-10,14H,2-8,11-13H2,1H3,(H,26,30). The van der Waals surface area contributed by atoms with Crippen LogP contribution in [0.25, 0.3) is 10.2 Å². The van der Waals surface area contributed by atoms with Crippen LogP contribution in [0.4, 0.5) is 11.4 Å². The molecule has 1 saturated heterocycles. The predicted molar refractivity (Wildman–Crippen MR) is 132 cm³/mol. The minimum Gasteiger partial charge on any atom is -0.370 e. The van der Waals surface area contributed by atoms with Crippen LogP contribution < -0.4 is 15.8 Å². The average Bonchev–Trinajstić information content (AvgIpc) is 2.95. The molecule has 0 atom stereocenters. The number of aryl methyl sites for hydroxylation is 2. The van der Waals surface area contributed by atoms with E-state index in [4.69, 9.17) is 16.6 Å². The smallest absolute Gasteiger partial charge is 0.266 e. The van der Waals surface area contributed by atoms with E-state index in [-0.39, 0.29) is 11.5 Å². The summed E-state index contributed by atoms with van der Waals surface area (Å²) in [5.41, 5.74) is 2.39. The van der Waals surface area contributed by atoms with E-state index < -0.39 is 0 Å². The zero-order valence-corrected chi connectivity index (χ0v) is 19.8. The number of piperidine rings is 1. The van der Waals surface area contributed by atoms with Gasteiger partial charge in [-0.3, -0.25) is 14.2 Å². The van der Waals surface area contributed by atoms with E-state index in [1.54, 1.807) is 6.07 Å². The molecule has 6 nitrogen and oxygen atoms in total. The first-order valence-corrected chi connectivity index (χ1v) is 12.6. The lowest BCUT2D eigenvalue weighted by Gasteiger charge is -2.30. The van der Waals surface area contributed by atoms with Crippen LogP contribution in [0.2, 0.25) is 5.02 Å². The molecule has 2 aliphatic heterocycles. The Bertz CT molecular complexity index is 1240. The van der Waals surface area contributed by atoms with Gasteiger partial charge in [-0.2, -0.15) is 0 Å². The summed E-state index contributed by atoms with van der Waals surface area (Å²) in [6, 6.07) is 5.65. The van der Waals surface area contributed by atoms with Crippen LogP contribution in [0.1, 0.15) is 59.6 Å². The molecule has 2 aromatic heterocycles. The summed E-state index contributed by atoms with van der Waals surface area (Å²) in [5, 5.41) is 4.23. The normalized spacial score (nSPS) is 16.6. The molecule has 0 bridgehead atoms. The van der Waals surface area contributed by atoms with Crippen molar-refractivity contribution < 1.29 is 4.79 Å². The van der Waals surface area contributed by atoms with Gasteiger partial charge in [0, 0.05) is 31.1 Å². The summed E-state index contributed by atoms with van der Waals surface area (Å²) in [6.45, 7) is 4.50. The molecule has 5 rings (SSSR count). The molecule has 3 aromatic rings. The van der Waals surface area contributed by atoms with Gasteiger partial charge in [0.05, 0.1) is 21.6 Å². The van der Waals surface area contributed by atoms with Gasteiger partial charge in [-0.25, -0.2) is 4.98 Å². The number of hydrogen-bond donors (Lipinski definition) is 1. The number of anilines is 2. The number of rotatable bonds is 3. The Labute approximate surface area is 196 Å². The van der Waals surface area contributed by atoms with Crippen molar-refractivity contribution in [2.24, 2.45) is 0 Å². The zero-order chi connectivity index (χ0) is 22.2. The number of carbonyl (C=O) groups is 1. The van der Waals surface area contributed by atoms with Crippen molar-refractivity contribution in [3.63, 3.8) is 0 Å². The van der Waals surface area contributed by atoms with Crippen molar-refractivity contribution >= 4 is 50.4 Å². The minimum absolute atomic E-state index is 0.0172. The number of nitrogens with one attached hydrogen (secondary N) is 1. The Kier molecular flexibility index (Phi) is 5.95. The number of benzene rings is 1. The number of carbonyl (C=O) groups excluding carboxylic acids is 1. The molecule has 0 unspecified atom stereocenters. The molecule has 0 aliphatic carbocycles. The lowest BCUT2D eigenvalue weighted by molar-refractivity contribution is 0.103. The van der Waals surface area contributed by atoms with Crippen LogP contribution in [-0.2, 0) is 13.0 Å². The maximum absolute atomic E-state index is 13.3. The highest BCUT2D eigenvalue weighted by Gasteiger charge is 2.23. The summed E-state index contributed by atoms with van der Waals surface area (Å²) < 4.78 is 1.81. The number of halogens is 1. The topological polar surface area (TPSA) is 67.2 Å². The summed E-state index contributed by atoms with van der Waals surface area (Å²) in [5.74, 6) is 0.626. The maximum Gasteiger partial charge on any atom is 0.266 e. The molecule has 0 radical (unpaired) electrons. The van der Waals surface area contributed by atoms with E-state index in [0.29, 0.717) is 37.9 Å². The molecule has 1 fully saturated rings. The van der Waals surface area contributed by atoms with Gasteiger partial charge in [0.15, 0.2) is 0 Å². The van der Waals surface area contributed by atoms with Crippen molar-refractivity contribution in [3.05, 3.63) is 49.8 Å². The molecule has 1 N–H and O–H groups in total. The Hall–Kier alpha value is -2.38. The van der Waals surface area contributed by atoms with Crippen LogP contribution in [0.15, 0.2) is 23.0 Å². The van der Waals surface area contributed by atoms with E-state index in [2.05, 4.69) is 10.2 Å². The fourth-order valence-corrected chi connectivity index (χ4v) is 6.08. The molecule has 8 heteroatoms. The first kappa shape index (κ1) is 21.5. The third-order valence-electron chi connectivity index (χ3n) is 6.52. The molecule has 4 heterocycles. The van der Waals surface area contributed by atoms with E-state index >= 15 is 0 Å². The van der Waals surface area contributed by atoms with Crippen LogP contribution in [0.5, 0.6) is 0 Å². The third kappa shape index (κ3) is 3.92. The predicted octanol–water partition coefficient (Wildman–Crippen LogP) is 5.39. The zero-order valence-electron chi connectivity index (χ0n) is 18.2. The van der Waals surface area contributed by atoms with Gasteiger partial charge in [-0.05, 0) is 62.8 Å². The first-order valence-electron chi connectivity index (χ1n) is 11.4. The number of aromatic nitrogens is 2. The quantitative estimate of drug-likeness (QED) is 0.557. The van der Waals surface area contributed by atoms with Crippen molar-refractivity contribution in [1.82, 2.24) is 9.55 Å². The van der Waals surface area contributed by atoms with Gasteiger partial charge < -0.3 is 10.2 Å². The Morgan fingerprint density at radius 1 is 1.09 bits per heavy atom. The number of hydrogen-bond acceptors (Lipinski definition) is 5. The monoisotopic (exact) mass is 470 g/mol. The van der Waals surface area contributed by atoms with Crippen molar-refractivity contribution in [2.45, 2.75) is 58.4 Å². The van der Waals surface area contributed by atoms with Crippen molar-refractivity contribution in [3.8, 4) is 0 Å². The van der Waals surface area contributed by atoms with Gasteiger partial charge in [-0.1, -0.05) is 18.0 Å². The number of nitrogens with zero attached hydrogens (tertiary/aromatic N) is 3. The van der Waals surface area contributed by atoms with Crippen molar-refractivity contribution in [1.29, 1.82) is 0 Å². The Morgan fingerprint density at radius 3 is 2.66 bits per heavy atom. The lowest BCUT2D eigenvalue weighted by atomic mass is 10.1. The van der Waals surface area contributed by atoms with Gasteiger partial charge >= 0.3 is 0 Å². The SMILES string of the molecule is Cc1c(C(=O)Nc2cc(Cl)ccc2N2CCCCC2)sc2nc3n(c(=O)c12)CCCCC3. The summed E-state index contributed by atoms with van der Waals surface area (Å²) >= 11 is 7.57. The fraction of sp³-hybridized carbons (Fsp3) is 0.458. The van der Waals surface area contributed by atoms with Gasteiger partial charge in [-0.15, -0.1) is 11.3 Å². The second-order valence-corrected chi connectivity index (χ2v) is 10.1. The highest BCUT2D eigenvalue weighted by Crippen LogP contribution is 2.34. The summed E-state index contributed by atoms with van der Waals surface area (Å²) in [7, 11) is 0. The maximum atomic E-state index is 13.3. The largest absolute Gasteiger partial charge is 0.370 e. The van der Waals surface area contributed by atoms with Crippen molar-refractivity contribution in [2.75, 3.05) is 23.3 Å². The first-order chi connectivity index (χ1) is 15.5. The highest BCUT2D eigenvalue weighted by molar-refractivity contribution is 7.20. The molecule has 1 amide bonds. The van der Waals surface area contributed by atoms with E-state index in [9.17, 15) is 9.59 Å². The fourth-order valence-electron chi connectivity index (χ4n) is 4.82. The number of fused-ring (bicyclic) bond motifs is 2. The number of thiophene rings is 1. The molecule has 168 valence electrons. The second-order valence-electron chi connectivity index (χ2n) is 8.70. The lowest BCUT2D eigenvalue weighted by Crippen LogP contribution is -2.30. The van der Waals surface area contributed by atoms with E-state index in [1.165, 1.54) is 17.8 Å². The Balaban J connectivity index is 1.51. The highest BCUT2D eigenvalue weighted by atomic mass is 35.5. The van der Waals surface area contributed by atoms with Crippen LogP contribution in [0.3, 0.4) is 0 Å². The Morgan fingerprint density at radius 2 is 1.84 bits per heavy atom. The molecular weight excluding hydrogens is 444 g/mol. The molecule has 2 aliphatic rings. The van der Waals surface area contributed by atoms with Crippen LogP contribution in [0, 0.1) is 6.92 Å². The molecule has 0 saturated carbocycles. The molecule has 0 spiro atoms. The van der Waals surface area contributed by atoms with Crippen LogP contribution in [-0.4, -0.2) is 28.5 Å². The minimum atomic E-state index is -0.217. The summed E-state index contributed by atoms with van der Waals surface area (Å²) in [6.07, 6.45) is 7.48. The van der Waals surface area contributed by atoms with Gasteiger partial charge in [0.2, 0.25) is 0 Å². The van der Waals surface area contributed by atoms with E-state index in [0.717, 1.165) is 63.1 Å². The molecule has 32 heavy (non-hydrogen) atoms. The molecular formula is C24H27ClN4O2S. The summed E-state index contributed by atoms with van der Waals surface area (Å²) in [4.78, 5) is 34.8. The second kappa shape index (κ2) is 8.87. The third-order valence-corrected chi connectivity index (χ3v) is 7.94. The van der Waals surface area contributed by atoms with Gasteiger partial charge in [0.25, 0.3) is 11.5 Å².